The number of hydrogen-bond donors (Lipinski definition) is 1. The van der Waals surface area contributed by atoms with Crippen LogP contribution in [0.3, 0.4) is 0 Å². The molecule has 0 aliphatic carbocycles. The number of ether oxygens (including phenoxy) is 1. The van der Waals surface area contributed by atoms with Gasteiger partial charge in [-0.15, -0.1) is 0 Å². The molecule has 0 saturated carbocycles. The summed E-state index contributed by atoms with van der Waals surface area (Å²) in [6.07, 6.45) is -0.392. The van der Waals surface area contributed by atoms with E-state index in [1.807, 2.05) is 0 Å². The lowest BCUT2D eigenvalue weighted by atomic mass is 10.2. The summed E-state index contributed by atoms with van der Waals surface area (Å²) in [5, 5.41) is 2.49. The van der Waals surface area contributed by atoms with E-state index in [1.165, 1.54) is 0 Å². The van der Waals surface area contributed by atoms with Crippen molar-refractivity contribution in [3.8, 4) is 0 Å². The molecule has 1 aliphatic rings. The summed E-state index contributed by atoms with van der Waals surface area (Å²) in [7, 11) is 0. The third-order valence-electron chi connectivity index (χ3n) is 1.70. The molecule has 1 unspecified atom stereocenters. The highest BCUT2D eigenvalue weighted by molar-refractivity contribution is 5.81. The molecule has 1 fully saturated rings. The van der Waals surface area contributed by atoms with Gasteiger partial charge < -0.3 is 10.1 Å². The molecular formula is C8H12FNO3. The molecular weight excluding hydrogens is 177 g/mol. The number of carbonyl (C=O) groups excluding carboxylic acids is 2. The van der Waals surface area contributed by atoms with Gasteiger partial charge in [-0.3, -0.25) is 4.79 Å². The minimum atomic E-state index is -1.99. The van der Waals surface area contributed by atoms with Crippen LogP contribution in [-0.2, 0) is 14.3 Å². The highest BCUT2D eigenvalue weighted by Gasteiger charge is 2.33. The topological polar surface area (TPSA) is 55.4 Å². The average Bonchev–Trinajstić information content (AvgIpc) is 2.33. The predicted octanol–water partition coefficient (Wildman–Crippen LogP) is 0.166. The van der Waals surface area contributed by atoms with Crippen LogP contribution in [0.25, 0.3) is 0 Å². The maximum Gasteiger partial charge on any atom is 0.343 e. The zero-order valence-corrected chi connectivity index (χ0v) is 7.59. The van der Waals surface area contributed by atoms with Gasteiger partial charge in [0.2, 0.25) is 11.6 Å². The molecule has 1 atom stereocenters. The molecule has 13 heavy (non-hydrogen) atoms. The molecule has 0 aromatic carbocycles. The summed E-state index contributed by atoms with van der Waals surface area (Å²) in [4.78, 5) is 21.7. The van der Waals surface area contributed by atoms with Crippen LogP contribution in [-0.4, -0.2) is 30.2 Å². The van der Waals surface area contributed by atoms with Crippen LogP contribution >= 0.6 is 0 Å². The minimum absolute atomic E-state index is 0.127. The fourth-order valence-electron chi connectivity index (χ4n) is 0.954. The molecule has 1 N–H and O–H groups in total. The maximum atomic E-state index is 13.0. The van der Waals surface area contributed by atoms with Gasteiger partial charge in [-0.1, -0.05) is 0 Å². The summed E-state index contributed by atoms with van der Waals surface area (Å²) in [5.74, 6) is -1.09. The molecule has 5 heteroatoms. The van der Waals surface area contributed by atoms with Crippen molar-refractivity contribution in [1.29, 1.82) is 0 Å². The summed E-state index contributed by atoms with van der Waals surface area (Å²) in [6, 6.07) is 0. The van der Waals surface area contributed by atoms with Crippen molar-refractivity contribution in [3.05, 3.63) is 0 Å². The van der Waals surface area contributed by atoms with Crippen LogP contribution in [0.4, 0.5) is 4.39 Å². The molecule has 0 radical (unpaired) electrons. The number of esters is 1. The standard InChI is InChI=1S/C8H12FNO3/c1-8(2,9)7(12)13-5-3-6(11)10-4-5/h5H,3-4H2,1-2H3,(H,10,11). The third-order valence-corrected chi connectivity index (χ3v) is 1.70. The van der Waals surface area contributed by atoms with Gasteiger partial charge >= 0.3 is 5.97 Å². The second-order valence-electron chi connectivity index (χ2n) is 3.51. The van der Waals surface area contributed by atoms with E-state index >= 15 is 0 Å². The first kappa shape index (κ1) is 9.95. The lowest BCUT2D eigenvalue weighted by Crippen LogP contribution is -2.33. The summed E-state index contributed by atoms with van der Waals surface area (Å²) in [5.41, 5.74) is -1.99. The van der Waals surface area contributed by atoms with Crippen molar-refractivity contribution in [2.45, 2.75) is 32.0 Å². The summed E-state index contributed by atoms with van der Waals surface area (Å²) >= 11 is 0. The normalized spacial score (nSPS) is 22.7. The van der Waals surface area contributed by atoms with Crippen molar-refractivity contribution < 1.29 is 18.7 Å². The minimum Gasteiger partial charge on any atom is -0.458 e. The molecule has 0 aromatic rings. The Labute approximate surface area is 75.4 Å². The van der Waals surface area contributed by atoms with Crippen molar-refractivity contribution in [1.82, 2.24) is 5.32 Å². The van der Waals surface area contributed by atoms with E-state index in [-0.39, 0.29) is 18.9 Å². The van der Waals surface area contributed by atoms with Crippen LogP contribution < -0.4 is 5.32 Å². The van der Waals surface area contributed by atoms with Crippen molar-refractivity contribution in [2.24, 2.45) is 0 Å². The Morgan fingerprint density at radius 2 is 2.31 bits per heavy atom. The zero-order valence-electron chi connectivity index (χ0n) is 7.59. The molecule has 0 aromatic heterocycles. The molecule has 74 valence electrons. The van der Waals surface area contributed by atoms with Crippen molar-refractivity contribution in [3.63, 3.8) is 0 Å². The van der Waals surface area contributed by atoms with Crippen LogP contribution in [0.1, 0.15) is 20.3 Å². The Kier molecular flexibility index (Phi) is 2.54. The van der Waals surface area contributed by atoms with Gasteiger partial charge in [0.25, 0.3) is 0 Å². The number of alkyl halides is 1. The Morgan fingerprint density at radius 1 is 1.69 bits per heavy atom. The van der Waals surface area contributed by atoms with Crippen LogP contribution in [0, 0.1) is 0 Å². The van der Waals surface area contributed by atoms with Gasteiger partial charge in [0.1, 0.15) is 6.10 Å². The van der Waals surface area contributed by atoms with Gasteiger partial charge in [-0.25, -0.2) is 9.18 Å². The highest BCUT2D eigenvalue weighted by atomic mass is 19.1. The monoisotopic (exact) mass is 189 g/mol. The van der Waals surface area contributed by atoms with Gasteiger partial charge in [0.05, 0.1) is 13.0 Å². The maximum absolute atomic E-state index is 13.0. The number of hydrogen-bond acceptors (Lipinski definition) is 3. The Morgan fingerprint density at radius 3 is 2.69 bits per heavy atom. The first-order valence-corrected chi connectivity index (χ1v) is 4.06. The Hall–Kier alpha value is -1.13. The first-order chi connectivity index (χ1) is 5.89. The van der Waals surface area contributed by atoms with E-state index in [9.17, 15) is 14.0 Å². The smallest absolute Gasteiger partial charge is 0.343 e. The van der Waals surface area contributed by atoms with E-state index in [2.05, 4.69) is 5.32 Å². The van der Waals surface area contributed by atoms with Crippen molar-refractivity contribution >= 4 is 11.9 Å². The Balaban J connectivity index is 2.42. The van der Waals surface area contributed by atoms with Gasteiger partial charge in [0, 0.05) is 0 Å². The molecule has 1 saturated heterocycles. The summed E-state index contributed by atoms with van der Waals surface area (Å²) in [6.45, 7) is 2.53. The Bertz CT molecular complexity index is 234. The molecule has 1 rings (SSSR count). The second-order valence-corrected chi connectivity index (χ2v) is 3.51. The lowest BCUT2D eigenvalue weighted by molar-refractivity contribution is -0.160. The number of carbonyl (C=O) groups is 2. The van der Waals surface area contributed by atoms with E-state index in [0.717, 1.165) is 13.8 Å². The average molecular weight is 189 g/mol. The quantitative estimate of drug-likeness (QED) is 0.630. The van der Waals surface area contributed by atoms with E-state index < -0.39 is 17.7 Å². The van der Waals surface area contributed by atoms with Gasteiger partial charge in [0.15, 0.2) is 0 Å². The van der Waals surface area contributed by atoms with Crippen LogP contribution in [0.15, 0.2) is 0 Å². The number of rotatable bonds is 2. The van der Waals surface area contributed by atoms with Gasteiger partial charge in [-0.2, -0.15) is 0 Å². The predicted molar refractivity (Wildman–Crippen MR) is 42.7 cm³/mol. The fourth-order valence-corrected chi connectivity index (χ4v) is 0.954. The zero-order chi connectivity index (χ0) is 10.1. The van der Waals surface area contributed by atoms with Crippen molar-refractivity contribution in [2.75, 3.05) is 6.54 Å². The summed E-state index contributed by atoms with van der Waals surface area (Å²) < 4.78 is 17.7. The van der Waals surface area contributed by atoms with E-state index in [1.54, 1.807) is 0 Å². The fraction of sp³-hybridized carbons (Fsp3) is 0.750. The SMILES string of the molecule is CC(C)(F)C(=O)OC1CNC(=O)C1. The molecule has 1 amide bonds. The molecule has 4 nitrogen and oxygen atoms in total. The molecule has 0 spiro atoms. The molecule has 0 bridgehead atoms. The van der Waals surface area contributed by atoms with Crippen LogP contribution in [0.2, 0.25) is 0 Å². The number of amides is 1. The largest absolute Gasteiger partial charge is 0.458 e. The van der Waals surface area contributed by atoms with E-state index in [4.69, 9.17) is 4.74 Å². The number of halogens is 1. The second kappa shape index (κ2) is 3.32. The van der Waals surface area contributed by atoms with Gasteiger partial charge in [-0.05, 0) is 13.8 Å². The number of nitrogens with one attached hydrogen (secondary N) is 1. The van der Waals surface area contributed by atoms with E-state index in [0.29, 0.717) is 0 Å². The first-order valence-electron chi connectivity index (χ1n) is 4.06. The molecule has 1 aliphatic heterocycles. The van der Waals surface area contributed by atoms with Crippen LogP contribution in [0.5, 0.6) is 0 Å². The lowest BCUT2D eigenvalue weighted by Gasteiger charge is -2.16. The molecule has 1 heterocycles. The highest BCUT2D eigenvalue weighted by Crippen LogP contribution is 2.14. The third kappa shape index (κ3) is 2.68.